The van der Waals surface area contributed by atoms with Crippen LogP contribution in [0, 0.1) is 11.6 Å². The molecule has 2 rings (SSSR count). The SMILES string of the molecule is CCNC(=NCC(C)c1ccc(F)c(F)c1)NC1CCN(CCS(C)(=O)=O)CC1.I. The van der Waals surface area contributed by atoms with E-state index in [9.17, 15) is 17.2 Å². The van der Waals surface area contributed by atoms with Crippen LogP contribution in [-0.2, 0) is 9.84 Å². The highest BCUT2D eigenvalue weighted by molar-refractivity contribution is 14.0. The molecule has 0 saturated carbocycles. The molecule has 0 radical (unpaired) electrons. The summed E-state index contributed by atoms with van der Waals surface area (Å²) in [6, 6.07) is 4.22. The zero-order valence-corrected chi connectivity index (χ0v) is 21.0. The van der Waals surface area contributed by atoms with Crippen LogP contribution in [0.4, 0.5) is 8.78 Å². The van der Waals surface area contributed by atoms with Gasteiger partial charge >= 0.3 is 0 Å². The number of nitrogens with zero attached hydrogens (tertiary/aromatic N) is 2. The molecule has 0 spiro atoms. The topological polar surface area (TPSA) is 73.8 Å². The zero-order chi connectivity index (χ0) is 21.4. The van der Waals surface area contributed by atoms with E-state index in [2.05, 4.69) is 20.5 Å². The number of hydrogen-bond acceptors (Lipinski definition) is 4. The van der Waals surface area contributed by atoms with Gasteiger partial charge < -0.3 is 15.5 Å². The Kier molecular flexibility index (Phi) is 11.5. The molecule has 1 atom stereocenters. The third-order valence-electron chi connectivity index (χ3n) is 5.09. The van der Waals surface area contributed by atoms with Gasteiger partial charge in [-0.2, -0.15) is 0 Å². The molecule has 1 aromatic carbocycles. The molecule has 1 aliphatic heterocycles. The summed E-state index contributed by atoms with van der Waals surface area (Å²) in [6.45, 7) is 7.36. The minimum atomic E-state index is -2.94. The summed E-state index contributed by atoms with van der Waals surface area (Å²) in [6.07, 6.45) is 3.08. The minimum Gasteiger partial charge on any atom is -0.357 e. The van der Waals surface area contributed by atoms with Crippen LogP contribution < -0.4 is 10.6 Å². The Morgan fingerprint density at radius 2 is 1.93 bits per heavy atom. The van der Waals surface area contributed by atoms with Crippen molar-refractivity contribution in [1.29, 1.82) is 0 Å². The van der Waals surface area contributed by atoms with E-state index in [1.807, 2.05) is 13.8 Å². The molecule has 1 fully saturated rings. The largest absolute Gasteiger partial charge is 0.357 e. The minimum absolute atomic E-state index is 0. The van der Waals surface area contributed by atoms with E-state index in [1.165, 1.54) is 12.3 Å². The van der Waals surface area contributed by atoms with E-state index in [-0.39, 0.29) is 41.7 Å². The molecule has 10 heteroatoms. The Hall–Kier alpha value is -1.01. The Bertz CT molecular complexity index is 800. The van der Waals surface area contributed by atoms with Crippen LogP contribution in [0.1, 0.15) is 38.2 Å². The smallest absolute Gasteiger partial charge is 0.191 e. The summed E-state index contributed by atoms with van der Waals surface area (Å²) < 4.78 is 49.2. The Morgan fingerprint density at radius 1 is 1.27 bits per heavy atom. The second-order valence-corrected chi connectivity index (χ2v) is 9.94. The first-order chi connectivity index (χ1) is 13.7. The lowest BCUT2D eigenvalue weighted by molar-refractivity contribution is 0.216. The highest BCUT2D eigenvalue weighted by atomic mass is 127. The molecule has 0 amide bonds. The number of hydrogen-bond donors (Lipinski definition) is 2. The first-order valence-electron chi connectivity index (χ1n) is 10.1. The maximum absolute atomic E-state index is 13.4. The fourth-order valence-corrected chi connectivity index (χ4v) is 3.85. The van der Waals surface area contributed by atoms with E-state index in [1.54, 1.807) is 6.07 Å². The normalized spacial score (nSPS) is 17.3. The lowest BCUT2D eigenvalue weighted by Crippen LogP contribution is -2.49. The Labute approximate surface area is 195 Å². The number of rotatable bonds is 8. The molecule has 1 saturated heterocycles. The number of guanidine groups is 1. The number of benzene rings is 1. The molecule has 172 valence electrons. The van der Waals surface area contributed by atoms with Crippen LogP contribution in [0.25, 0.3) is 0 Å². The molecule has 0 bridgehead atoms. The van der Waals surface area contributed by atoms with Crippen LogP contribution in [0.15, 0.2) is 23.2 Å². The summed E-state index contributed by atoms with van der Waals surface area (Å²) >= 11 is 0. The van der Waals surface area contributed by atoms with Gasteiger partial charge in [-0.25, -0.2) is 17.2 Å². The van der Waals surface area contributed by atoms with Crippen molar-refractivity contribution >= 4 is 39.8 Å². The number of nitrogens with one attached hydrogen (secondary N) is 2. The predicted octanol–water partition coefficient (Wildman–Crippen LogP) is 2.75. The van der Waals surface area contributed by atoms with Gasteiger partial charge in [-0.05, 0) is 37.5 Å². The number of likely N-dealkylation sites (tertiary alicyclic amines) is 1. The van der Waals surface area contributed by atoms with Crippen LogP contribution in [0.5, 0.6) is 0 Å². The van der Waals surface area contributed by atoms with E-state index in [0.717, 1.165) is 38.5 Å². The highest BCUT2D eigenvalue weighted by Crippen LogP contribution is 2.18. The molecule has 1 unspecified atom stereocenters. The van der Waals surface area contributed by atoms with Gasteiger partial charge in [-0.15, -0.1) is 24.0 Å². The van der Waals surface area contributed by atoms with Gasteiger partial charge in [0.1, 0.15) is 9.84 Å². The standard InChI is InChI=1S/C20H32F2N4O2S.HI/c1-4-23-20(24-14-15(2)16-5-6-18(21)19(22)13-16)25-17-7-9-26(10-8-17)11-12-29(3,27)28;/h5-6,13,15,17H,4,7-12,14H2,1-3H3,(H2,23,24,25);1H. The molecule has 1 aliphatic rings. The van der Waals surface area contributed by atoms with Gasteiger partial charge in [-0.3, -0.25) is 4.99 Å². The van der Waals surface area contributed by atoms with Gasteiger partial charge in [0.15, 0.2) is 17.6 Å². The molecule has 0 aliphatic carbocycles. The molecule has 1 heterocycles. The van der Waals surface area contributed by atoms with Crippen molar-refractivity contribution in [2.24, 2.45) is 4.99 Å². The van der Waals surface area contributed by atoms with Gasteiger partial charge in [0, 0.05) is 50.9 Å². The fourth-order valence-electron chi connectivity index (χ4n) is 3.26. The second-order valence-electron chi connectivity index (χ2n) is 7.68. The lowest BCUT2D eigenvalue weighted by atomic mass is 10.0. The van der Waals surface area contributed by atoms with Crippen LogP contribution in [0.2, 0.25) is 0 Å². The Balaban J connectivity index is 0.00000450. The molecule has 6 nitrogen and oxygen atoms in total. The quantitative estimate of drug-likeness (QED) is 0.292. The third-order valence-corrected chi connectivity index (χ3v) is 6.01. The van der Waals surface area contributed by atoms with Crippen LogP contribution >= 0.6 is 24.0 Å². The highest BCUT2D eigenvalue weighted by Gasteiger charge is 2.21. The molecule has 2 N–H and O–H groups in total. The molecule has 1 aromatic rings. The molecule has 30 heavy (non-hydrogen) atoms. The summed E-state index contributed by atoms with van der Waals surface area (Å²) in [5.41, 5.74) is 0.711. The maximum Gasteiger partial charge on any atom is 0.191 e. The monoisotopic (exact) mass is 558 g/mol. The number of piperidine rings is 1. The molecular formula is C20H33F2IN4O2S. The van der Waals surface area contributed by atoms with Crippen molar-refractivity contribution in [2.75, 3.05) is 44.7 Å². The van der Waals surface area contributed by atoms with Crippen molar-refractivity contribution in [3.05, 3.63) is 35.4 Å². The van der Waals surface area contributed by atoms with Crippen molar-refractivity contribution in [1.82, 2.24) is 15.5 Å². The van der Waals surface area contributed by atoms with Crippen molar-refractivity contribution in [2.45, 2.75) is 38.6 Å². The van der Waals surface area contributed by atoms with Gasteiger partial charge in [0.2, 0.25) is 0 Å². The Morgan fingerprint density at radius 3 is 2.50 bits per heavy atom. The zero-order valence-electron chi connectivity index (χ0n) is 17.8. The van der Waals surface area contributed by atoms with Crippen LogP contribution in [-0.4, -0.2) is 70.1 Å². The molecular weight excluding hydrogens is 525 g/mol. The van der Waals surface area contributed by atoms with Gasteiger partial charge in [-0.1, -0.05) is 13.0 Å². The first-order valence-corrected chi connectivity index (χ1v) is 12.1. The number of sulfone groups is 1. The number of aliphatic imine (C=N–C) groups is 1. The van der Waals surface area contributed by atoms with E-state index in [4.69, 9.17) is 0 Å². The average molecular weight is 558 g/mol. The summed E-state index contributed by atoms with van der Waals surface area (Å²) in [4.78, 5) is 6.78. The van der Waals surface area contributed by atoms with Crippen molar-refractivity contribution in [3.8, 4) is 0 Å². The lowest BCUT2D eigenvalue weighted by Gasteiger charge is -2.33. The second kappa shape index (κ2) is 12.7. The van der Waals surface area contributed by atoms with Crippen LogP contribution in [0.3, 0.4) is 0 Å². The summed E-state index contributed by atoms with van der Waals surface area (Å²) in [5, 5.41) is 6.66. The van der Waals surface area contributed by atoms with Gasteiger partial charge in [0.25, 0.3) is 0 Å². The predicted molar refractivity (Wildman–Crippen MR) is 128 cm³/mol. The first kappa shape index (κ1) is 27.0. The maximum atomic E-state index is 13.4. The van der Waals surface area contributed by atoms with E-state index < -0.39 is 21.5 Å². The van der Waals surface area contributed by atoms with Crippen molar-refractivity contribution < 1.29 is 17.2 Å². The van der Waals surface area contributed by atoms with Gasteiger partial charge in [0.05, 0.1) is 5.75 Å². The third kappa shape index (κ3) is 9.42. The van der Waals surface area contributed by atoms with E-state index in [0.29, 0.717) is 24.6 Å². The number of halogens is 3. The van der Waals surface area contributed by atoms with Crippen molar-refractivity contribution in [3.63, 3.8) is 0 Å². The molecule has 0 aromatic heterocycles. The fraction of sp³-hybridized carbons (Fsp3) is 0.650. The van der Waals surface area contributed by atoms with E-state index >= 15 is 0 Å². The average Bonchev–Trinajstić information content (AvgIpc) is 2.67. The summed E-state index contributed by atoms with van der Waals surface area (Å²) in [5.74, 6) is -0.833. The summed E-state index contributed by atoms with van der Waals surface area (Å²) in [7, 11) is -2.94.